The van der Waals surface area contributed by atoms with Gasteiger partial charge in [-0.2, -0.15) is 4.39 Å². The van der Waals surface area contributed by atoms with E-state index in [9.17, 15) is 35.1 Å². The fraction of sp³-hybridized carbons (Fsp3) is 0.0625. The highest BCUT2D eigenvalue weighted by atomic mass is 19.2. The fourth-order valence-electron chi connectivity index (χ4n) is 5.37. The van der Waals surface area contributed by atoms with E-state index in [1.807, 2.05) is 0 Å². The number of halogens is 16. The fourth-order valence-corrected chi connectivity index (χ4v) is 5.37. The van der Waals surface area contributed by atoms with Crippen molar-refractivity contribution >= 4 is 11.4 Å². The van der Waals surface area contributed by atoms with Crippen LogP contribution in [0.3, 0.4) is 0 Å². The Morgan fingerprint density at radius 3 is 1.12 bits per heavy atom. The van der Waals surface area contributed by atoms with E-state index in [0.29, 0.717) is 26.2 Å². The molecule has 0 bridgehead atoms. The number of nitrogens with zero attached hydrogens (tertiary/aromatic N) is 1. The largest absolute Gasteiger partial charge is 0.258 e. The normalized spacial score (nSPS) is 11.9. The lowest BCUT2D eigenvalue weighted by Crippen LogP contribution is -2.37. The molecule has 0 fully saturated rings. The van der Waals surface area contributed by atoms with Crippen molar-refractivity contribution < 1.29 is 70.2 Å². The van der Waals surface area contributed by atoms with E-state index in [0.717, 1.165) is 0 Å². The molecule has 0 radical (unpaired) electrons. The molecule has 0 spiro atoms. The SMILES string of the molecule is C[N+](C)(c1ccc(-c2c(F)cc(F)c(F)c2F)c(-c2c(F)cc(F)c(F)c2F)c1-c1c(F)cc(F)c(F)c1F)c1c(F)cc(F)c(F)c1F. The molecule has 1 nitrogen and oxygen atoms in total. The highest BCUT2D eigenvalue weighted by molar-refractivity contribution is 6.01. The highest BCUT2D eigenvalue weighted by Crippen LogP contribution is 2.53. The van der Waals surface area contributed by atoms with Crippen LogP contribution in [-0.2, 0) is 0 Å². The molecule has 0 unspecified atom stereocenters. The summed E-state index contributed by atoms with van der Waals surface area (Å²) in [6.45, 7) is 0. The van der Waals surface area contributed by atoms with Gasteiger partial charge in [0.1, 0.15) is 23.1 Å². The van der Waals surface area contributed by atoms with Gasteiger partial charge in [-0.3, -0.25) is 4.48 Å². The quantitative estimate of drug-likeness (QED) is 0.0736. The number of hydrogen-bond donors (Lipinski definition) is 0. The van der Waals surface area contributed by atoms with Crippen LogP contribution < -0.4 is 4.48 Å². The summed E-state index contributed by atoms with van der Waals surface area (Å²) in [5.74, 6) is -37.2. The Labute approximate surface area is 263 Å². The maximum absolute atomic E-state index is 15.6. The second kappa shape index (κ2) is 12.1. The first-order chi connectivity index (χ1) is 22.7. The van der Waals surface area contributed by atoms with E-state index in [-0.39, 0.29) is 18.2 Å². The molecule has 17 heteroatoms. The Hall–Kier alpha value is -5.06. The third-order valence-electron chi connectivity index (χ3n) is 7.55. The molecule has 0 N–H and O–H groups in total. The molecule has 0 amide bonds. The molecule has 256 valence electrons. The van der Waals surface area contributed by atoms with Crippen LogP contribution in [0.2, 0.25) is 0 Å². The van der Waals surface area contributed by atoms with Crippen LogP contribution in [0.1, 0.15) is 0 Å². The molecule has 0 aliphatic carbocycles. The van der Waals surface area contributed by atoms with Gasteiger partial charge in [0.25, 0.3) is 0 Å². The number of rotatable bonds is 5. The summed E-state index contributed by atoms with van der Waals surface area (Å²) in [5, 5.41) is 0. The van der Waals surface area contributed by atoms with Crippen molar-refractivity contribution in [3.63, 3.8) is 0 Å². The Bertz CT molecular complexity index is 2230. The maximum Gasteiger partial charge on any atom is 0.225 e. The van der Waals surface area contributed by atoms with E-state index >= 15 is 35.1 Å². The predicted octanol–water partition coefficient (Wildman–Crippen LogP) is 10.8. The smallest absolute Gasteiger partial charge is 0.225 e. The molecule has 5 rings (SSSR count). The minimum atomic E-state index is -2.63. The van der Waals surface area contributed by atoms with Gasteiger partial charge in [0.05, 0.1) is 36.3 Å². The van der Waals surface area contributed by atoms with Crippen molar-refractivity contribution in [1.29, 1.82) is 0 Å². The average Bonchev–Trinajstić information content (AvgIpc) is 3.01. The summed E-state index contributed by atoms with van der Waals surface area (Å²) in [6, 6.07) is -0.555. The molecule has 0 aliphatic heterocycles. The van der Waals surface area contributed by atoms with Crippen molar-refractivity contribution in [1.82, 2.24) is 4.48 Å². The topological polar surface area (TPSA) is 0 Å². The lowest BCUT2D eigenvalue weighted by molar-refractivity contribution is 0.406. The predicted molar refractivity (Wildman–Crippen MR) is 142 cm³/mol. The molecule has 0 heterocycles. The highest BCUT2D eigenvalue weighted by Gasteiger charge is 2.41. The molecule has 5 aromatic rings. The van der Waals surface area contributed by atoms with Crippen LogP contribution in [0.25, 0.3) is 33.4 Å². The van der Waals surface area contributed by atoms with Crippen molar-refractivity contribution in [2.45, 2.75) is 0 Å². The number of hydrogen-bond acceptors (Lipinski definition) is 0. The van der Waals surface area contributed by atoms with Gasteiger partial charge in [-0.15, -0.1) is 0 Å². The van der Waals surface area contributed by atoms with Crippen molar-refractivity contribution in [3.8, 4) is 33.4 Å². The summed E-state index contributed by atoms with van der Waals surface area (Å²) in [6.07, 6.45) is 0. The summed E-state index contributed by atoms with van der Waals surface area (Å²) < 4.78 is 235. The third kappa shape index (κ3) is 5.35. The molecule has 0 atom stereocenters. The van der Waals surface area contributed by atoms with Crippen LogP contribution in [-0.4, -0.2) is 14.1 Å². The molecular weight excluding hydrogens is 702 g/mol. The van der Waals surface area contributed by atoms with E-state index < -0.39 is 148 Å². The van der Waals surface area contributed by atoms with Crippen molar-refractivity contribution in [2.24, 2.45) is 0 Å². The first-order valence-corrected chi connectivity index (χ1v) is 13.1. The van der Waals surface area contributed by atoms with E-state index in [2.05, 4.69) is 0 Å². The Kier molecular flexibility index (Phi) is 8.72. The second-order valence-corrected chi connectivity index (χ2v) is 10.7. The molecule has 0 aliphatic rings. The minimum Gasteiger partial charge on any atom is -0.258 e. The van der Waals surface area contributed by atoms with Gasteiger partial charge >= 0.3 is 0 Å². The van der Waals surface area contributed by atoms with Crippen LogP contribution in [0, 0.1) is 93.1 Å². The van der Waals surface area contributed by atoms with Crippen molar-refractivity contribution in [2.75, 3.05) is 14.1 Å². The van der Waals surface area contributed by atoms with Crippen LogP contribution >= 0.6 is 0 Å². The summed E-state index contributed by atoms with van der Waals surface area (Å²) in [4.78, 5) is 0. The number of quaternary nitrogens is 1. The first-order valence-electron chi connectivity index (χ1n) is 13.1. The van der Waals surface area contributed by atoms with Crippen LogP contribution in [0.5, 0.6) is 0 Å². The molecule has 0 saturated heterocycles. The monoisotopic (exact) mass is 714 g/mol. The summed E-state index contributed by atoms with van der Waals surface area (Å²) >= 11 is 0. The number of benzene rings is 5. The van der Waals surface area contributed by atoms with E-state index in [1.165, 1.54) is 0 Å². The molecule has 5 aromatic carbocycles. The molecule has 0 aromatic heterocycles. The van der Waals surface area contributed by atoms with E-state index in [1.54, 1.807) is 0 Å². The van der Waals surface area contributed by atoms with Crippen LogP contribution in [0.4, 0.5) is 81.6 Å². The Balaban J connectivity index is 2.16. The van der Waals surface area contributed by atoms with Gasteiger partial charge in [0.15, 0.2) is 64.0 Å². The van der Waals surface area contributed by atoms with E-state index in [4.69, 9.17) is 0 Å². The van der Waals surface area contributed by atoms with Gasteiger partial charge in [-0.05, 0) is 11.6 Å². The zero-order valence-corrected chi connectivity index (χ0v) is 24.0. The van der Waals surface area contributed by atoms with Gasteiger partial charge in [-0.1, -0.05) is 0 Å². The summed E-state index contributed by atoms with van der Waals surface area (Å²) in [5.41, 5.74) is -13.3. The summed E-state index contributed by atoms with van der Waals surface area (Å²) in [7, 11) is 1.29. The Morgan fingerprint density at radius 2 is 0.673 bits per heavy atom. The third-order valence-corrected chi connectivity index (χ3v) is 7.55. The zero-order chi connectivity index (χ0) is 36.6. The first kappa shape index (κ1) is 35.3. The van der Waals surface area contributed by atoms with Gasteiger partial charge in [0.2, 0.25) is 17.3 Å². The second-order valence-electron chi connectivity index (χ2n) is 10.7. The standard InChI is InChI=1S/C32H12F16N/c1-49(2,32-17(40)8-16(39)27(44)31(32)48)18-4-3-9(19-10(33)5-13(36)24(41)28(19)45)20(21-11(34)6-14(37)25(42)29(21)46)23(18)22-12(35)7-15(38)26(43)30(22)47/h3-8H,1-2H3/q+1. The molecule has 0 saturated carbocycles. The lowest BCUT2D eigenvalue weighted by atomic mass is 9.84. The van der Waals surface area contributed by atoms with Crippen molar-refractivity contribution in [3.05, 3.63) is 129 Å². The average molecular weight is 714 g/mol. The Morgan fingerprint density at radius 1 is 0.327 bits per heavy atom. The maximum atomic E-state index is 15.6. The minimum absolute atomic E-state index is 0.206. The molecular formula is C32H12F16N+. The lowest BCUT2D eigenvalue weighted by Gasteiger charge is -2.33. The van der Waals surface area contributed by atoms with Gasteiger partial charge < -0.3 is 0 Å². The van der Waals surface area contributed by atoms with Crippen LogP contribution in [0.15, 0.2) is 36.4 Å². The zero-order valence-electron chi connectivity index (χ0n) is 24.0. The van der Waals surface area contributed by atoms with Gasteiger partial charge in [0, 0.05) is 35.9 Å². The molecule has 49 heavy (non-hydrogen) atoms. The van der Waals surface area contributed by atoms with Gasteiger partial charge in [-0.25, -0.2) is 65.9 Å².